The van der Waals surface area contributed by atoms with Crippen LogP contribution in [0.15, 0.2) is 77.7 Å². The number of anilines is 1. The van der Waals surface area contributed by atoms with E-state index < -0.39 is 28.5 Å². The van der Waals surface area contributed by atoms with E-state index in [2.05, 4.69) is 5.32 Å². The van der Waals surface area contributed by atoms with Gasteiger partial charge in [0.25, 0.3) is 10.0 Å². The van der Waals surface area contributed by atoms with Gasteiger partial charge in [-0.25, -0.2) is 8.42 Å². The monoisotopic (exact) mass is 571 g/mol. The van der Waals surface area contributed by atoms with Crippen molar-refractivity contribution in [3.05, 3.63) is 88.9 Å². The second kappa shape index (κ2) is 13.0. The maximum atomic E-state index is 13.9. The lowest BCUT2D eigenvalue weighted by Gasteiger charge is -2.32. The molecule has 0 aliphatic carbocycles. The summed E-state index contributed by atoms with van der Waals surface area (Å²) >= 11 is 6.06. The maximum absolute atomic E-state index is 13.9. The Kier molecular flexibility index (Phi) is 9.99. The molecule has 3 aromatic rings. The smallest absolute Gasteiger partial charge is 0.264 e. The van der Waals surface area contributed by atoms with Gasteiger partial charge in [0.1, 0.15) is 18.3 Å². The number of benzene rings is 3. The highest BCUT2D eigenvalue weighted by Crippen LogP contribution is 2.27. The number of hydrogen-bond acceptors (Lipinski definition) is 5. The summed E-state index contributed by atoms with van der Waals surface area (Å²) in [7, 11) is -2.69. The van der Waals surface area contributed by atoms with Crippen molar-refractivity contribution in [3.63, 3.8) is 0 Å². The van der Waals surface area contributed by atoms with Crippen LogP contribution in [0.5, 0.6) is 5.75 Å². The van der Waals surface area contributed by atoms with Gasteiger partial charge in [0, 0.05) is 17.6 Å². The van der Waals surface area contributed by atoms with Crippen LogP contribution in [0.1, 0.15) is 31.9 Å². The molecule has 0 saturated carbocycles. The molecule has 0 bridgehead atoms. The minimum absolute atomic E-state index is 0.0121. The molecule has 39 heavy (non-hydrogen) atoms. The normalized spacial score (nSPS) is 12.1. The zero-order chi connectivity index (χ0) is 28.7. The van der Waals surface area contributed by atoms with E-state index >= 15 is 0 Å². The first kappa shape index (κ1) is 30.0. The Morgan fingerprint density at radius 3 is 2.18 bits per heavy atom. The Hall–Kier alpha value is -3.56. The molecule has 0 heterocycles. The highest BCUT2D eigenvalue weighted by Gasteiger charge is 2.32. The average molecular weight is 572 g/mol. The lowest BCUT2D eigenvalue weighted by atomic mass is 10.1. The van der Waals surface area contributed by atoms with E-state index in [0.29, 0.717) is 10.8 Å². The third kappa shape index (κ3) is 7.74. The predicted octanol–water partition coefficient (Wildman–Crippen LogP) is 4.79. The molecule has 0 aromatic heterocycles. The molecule has 2 amide bonds. The Labute approximate surface area is 235 Å². The molecule has 0 aliphatic heterocycles. The van der Waals surface area contributed by atoms with Crippen molar-refractivity contribution >= 4 is 39.1 Å². The molecule has 0 fully saturated rings. The van der Waals surface area contributed by atoms with Crippen LogP contribution in [-0.4, -0.2) is 50.9 Å². The second-order valence-corrected chi connectivity index (χ2v) is 11.8. The quantitative estimate of drug-likeness (QED) is 0.357. The lowest BCUT2D eigenvalue weighted by Crippen LogP contribution is -2.52. The van der Waals surface area contributed by atoms with Crippen molar-refractivity contribution < 1.29 is 22.7 Å². The van der Waals surface area contributed by atoms with E-state index in [9.17, 15) is 18.0 Å². The maximum Gasteiger partial charge on any atom is 0.264 e. The molecular weight excluding hydrogens is 538 g/mol. The van der Waals surface area contributed by atoms with Crippen molar-refractivity contribution in [2.75, 3.05) is 18.0 Å². The van der Waals surface area contributed by atoms with Gasteiger partial charge in [-0.15, -0.1) is 0 Å². The molecule has 8 nitrogen and oxygen atoms in total. The van der Waals surface area contributed by atoms with E-state index in [-0.39, 0.29) is 29.1 Å². The van der Waals surface area contributed by atoms with Gasteiger partial charge in [-0.2, -0.15) is 0 Å². The second-order valence-electron chi connectivity index (χ2n) is 9.51. The van der Waals surface area contributed by atoms with Crippen LogP contribution in [0.3, 0.4) is 0 Å². The van der Waals surface area contributed by atoms with Crippen molar-refractivity contribution in [1.82, 2.24) is 10.2 Å². The van der Waals surface area contributed by atoms with Gasteiger partial charge < -0.3 is 15.0 Å². The fourth-order valence-corrected chi connectivity index (χ4v) is 5.55. The Bertz CT molecular complexity index is 1390. The largest absolute Gasteiger partial charge is 0.497 e. The molecule has 0 aliphatic rings. The summed E-state index contributed by atoms with van der Waals surface area (Å²) in [6, 6.07) is 18.7. The number of aryl methyl sites for hydroxylation is 1. The molecule has 208 valence electrons. The summed E-state index contributed by atoms with van der Waals surface area (Å²) in [5, 5.41) is 3.27. The first-order valence-electron chi connectivity index (χ1n) is 12.5. The van der Waals surface area contributed by atoms with E-state index in [0.717, 1.165) is 15.4 Å². The van der Waals surface area contributed by atoms with E-state index in [1.807, 2.05) is 45.0 Å². The molecular formula is C29H34ClN3O5S. The summed E-state index contributed by atoms with van der Waals surface area (Å²) in [5.41, 5.74) is 2.09. The average Bonchev–Trinajstić information content (AvgIpc) is 2.90. The van der Waals surface area contributed by atoms with Crippen molar-refractivity contribution in [1.29, 1.82) is 0 Å². The van der Waals surface area contributed by atoms with Crippen LogP contribution in [0.2, 0.25) is 5.02 Å². The molecule has 1 N–H and O–H groups in total. The third-order valence-electron chi connectivity index (χ3n) is 6.07. The van der Waals surface area contributed by atoms with Crippen LogP contribution in [0.4, 0.5) is 5.69 Å². The minimum Gasteiger partial charge on any atom is -0.497 e. The summed E-state index contributed by atoms with van der Waals surface area (Å²) in [4.78, 5) is 28.2. The molecule has 3 aromatic carbocycles. The van der Waals surface area contributed by atoms with Gasteiger partial charge in [0.2, 0.25) is 11.8 Å². The lowest BCUT2D eigenvalue weighted by molar-refractivity contribution is -0.139. The van der Waals surface area contributed by atoms with Crippen LogP contribution < -0.4 is 14.4 Å². The highest BCUT2D eigenvalue weighted by molar-refractivity contribution is 7.92. The van der Waals surface area contributed by atoms with Gasteiger partial charge >= 0.3 is 0 Å². The summed E-state index contributed by atoms with van der Waals surface area (Å²) in [6.07, 6.45) is 0. The highest BCUT2D eigenvalue weighted by atomic mass is 35.5. The van der Waals surface area contributed by atoms with Gasteiger partial charge in [-0.3, -0.25) is 13.9 Å². The fraction of sp³-hybridized carbons (Fsp3) is 0.310. The summed E-state index contributed by atoms with van der Waals surface area (Å²) < 4.78 is 33.8. The zero-order valence-corrected chi connectivity index (χ0v) is 24.3. The van der Waals surface area contributed by atoms with Crippen LogP contribution in [0.25, 0.3) is 0 Å². The first-order valence-corrected chi connectivity index (χ1v) is 14.3. The van der Waals surface area contributed by atoms with Crippen LogP contribution in [0, 0.1) is 6.92 Å². The van der Waals surface area contributed by atoms with E-state index in [1.165, 1.54) is 48.4 Å². The van der Waals surface area contributed by atoms with Crippen molar-refractivity contribution in [2.45, 2.75) is 51.2 Å². The number of nitrogens with zero attached hydrogens (tertiary/aromatic N) is 2. The first-order chi connectivity index (χ1) is 18.4. The number of hydrogen-bond donors (Lipinski definition) is 1. The van der Waals surface area contributed by atoms with Gasteiger partial charge in [-0.05, 0) is 81.8 Å². The van der Waals surface area contributed by atoms with Crippen LogP contribution >= 0.6 is 11.6 Å². The molecule has 1 atom stereocenters. The topological polar surface area (TPSA) is 96.0 Å². The van der Waals surface area contributed by atoms with Gasteiger partial charge in [0.15, 0.2) is 0 Å². The number of amides is 2. The minimum atomic E-state index is -4.18. The molecule has 10 heteroatoms. The molecule has 0 saturated heterocycles. The third-order valence-corrected chi connectivity index (χ3v) is 8.11. The molecule has 3 rings (SSSR count). The summed E-state index contributed by atoms with van der Waals surface area (Å²) in [5.74, 6) is -0.366. The number of carbonyl (C=O) groups is 2. The van der Waals surface area contributed by atoms with Gasteiger partial charge in [0.05, 0.1) is 17.7 Å². The van der Waals surface area contributed by atoms with Crippen molar-refractivity contribution in [2.24, 2.45) is 0 Å². The predicted molar refractivity (Wildman–Crippen MR) is 153 cm³/mol. The fourth-order valence-electron chi connectivity index (χ4n) is 4.01. The standard InChI is InChI=1S/C29H34ClN3O5S/c1-20(2)31-29(35)22(4)32(18-23-8-6-7-21(3)17-23)28(34)19-33(25-11-9-24(30)10-12-25)39(36,37)27-15-13-26(38-5)14-16-27/h6-17,20,22H,18-19H2,1-5H3,(H,31,35)/t22-/m0/s1. The Morgan fingerprint density at radius 2 is 1.62 bits per heavy atom. The molecule has 0 spiro atoms. The zero-order valence-electron chi connectivity index (χ0n) is 22.7. The number of rotatable bonds is 11. The Balaban J connectivity index is 2.03. The van der Waals surface area contributed by atoms with E-state index in [4.69, 9.17) is 16.3 Å². The van der Waals surface area contributed by atoms with Crippen LogP contribution in [-0.2, 0) is 26.2 Å². The van der Waals surface area contributed by atoms with Gasteiger partial charge in [-0.1, -0.05) is 41.4 Å². The molecule has 0 radical (unpaired) electrons. The SMILES string of the molecule is COc1ccc(S(=O)(=O)N(CC(=O)N(Cc2cccc(C)c2)[C@@H](C)C(=O)NC(C)C)c2ccc(Cl)cc2)cc1. The molecule has 0 unspecified atom stereocenters. The number of nitrogens with one attached hydrogen (secondary N) is 1. The Morgan fingerprint density at radius 1 is 0.974 bits per heavy atom. The number of sulfonamides is 1. The van der Waals surface area contributed by atoms with E-state index in [1.54, 1.807) is 19.1 Å². The number of halogens is 1. The number of carbonyl (C=O) groups excluding carboxylic acids is 2. The van der Waals surface area contributed by atoms with Crippen molar-refractivity contribution in [3.8, 4) is 5.75 Å². The number of methoxy groups -OCH3 is 1. The number of ether oxygens (including phenoxy) is 1. The summed E-state index contributed by atoms with van der Waals surface area (Å²) in [6.45, 7) is 6.84.